The van der Waals surface area contributed by atoms with Crippen molar-refractivity contribution in [2.75, 3.05) is 49.3 Å². The van der Waals surface area contributed by atoms with Gasteiger partial charge in [0.2, 0.25) is 5.95 Å². The Kier molecular flexibility index (Phi) is 5.43. The van der Waals surface area contributed by atoms with Crippen molar-refractivity contribution in [2.24, 2.45) is 0 Å². The van der Waals surface area contributed by atoms with Crippen molar-refractivity contribution in [2.45, 2.75) is 19.3 Å². The van der Waals surface area contributed by atoms with Crippen molar-refractivity contribution in [3.8, 4) is 0 Å². The Morgan fingerprint density at radius 2 is 2.12 bits per heavy atom. The number of anilines is 3. The predicted octanol–water partition coefficient (Wildman–Crippen LogP) is 2.25. The highest BCUT2D eigenvalue weighted by molar-refractivity contribution is 5.45. The Morgan fingerprint density at radius 1 is 1.25 bits per heavy atom. The van der Waals surface area contributed by atoms with E-state index in [1.54, 1.807) is 6.20 Å². The summed E-state index contributed by atoms with van der Waals surface area (Å²) in [6.45, 7) is 5.09. The quantitative estimate of drug-likeness (QED) is 0.672. The lowest BCUT2D eigenvalue weighted by Gasteiger charge is -2.13. The van der Waals surface area contributed by atoms with E-state index >= 15 is 0 Å². The second kappa shape index (κ2) is 7.92. The van der Waals surface area contributed by atoms with Crippen molar-refractivity contribution in [1.82, 2.24) is 15.0 Å². The summed E-state index contributed by atoms with van der Waals surface area (Å²) in [6, 6.07) is 6.00. The molecule has 0 unspecified atom stereocenters. The Balaban J connectivity index is 1.58. The molecule has 0 aromatic carbocycles. The van der Waals surface area contributed by atoms with Crippen LogP contribution in [0.4, 0.5) is 17.6 Å². The first-order valence-corrected chi connectivity index (χ1v) is 8.30. The van der Waals surface area contributed by atoms with Crippen molar-refractivity contribution in [3.63, 3.8) is 0 Å². The van der Waals surface area contributed by atoms with Crippen LogP contribution in [-0.4, -0.2) is 48.3 Å². The van der Waals surface area contributed by atoms with Gasteiger partial charge in [0.15, 0.2) is 0 Å². The number of aromatic nitrogens is 3. The fourth-order valence-corrected chi connectivity index (χ4v) is 2.69. The van der Waals surface area contributed by atoms with Crippen molar-refractivity contribution in [1.29, 1.82) is 0 Å². The van der Waals surface area contributed by atoms with E-state index in [-0.39, 0.29) is 0 Å². The summed E-state index contributed by atoms with van der Waals surface area (Å²) in [7, 11) is 1.83. The number of rotatable bonds is 7. The summed E-state index contributed by atoms with van der Waals surface area (Å²) >= 11 is 0. The van der Waals surface area contributed by atoms with E-state index in [0.717, 1.165) is 55.6 Å². The van der Waals surface area contributed by atoms with E-state index in [0.29, 0.717) is 11.9 Å². The minimum Gasteiger partial charge on any atom is -0.381 e. The van der Waals surface area contributed by atoms with Gasteiger partial charge in [-0.25, -0.2) is 9.97 Å². The van der Waals surface area contributed by atoms with Gasteiger partial charge >= 0.3 is 0 Å². The van der Waals surface area contributed by atoms with Crippen LogP contribution in [0, 0.1) is 6.92 Å². The highest BCUT2D eigenvalue weighted by Gasteiger charge is 2.20. The molecule has 1 saturated heterocycles. The maximum Gasteiger partial charge on any atom is 0.224 e. The van der Waals surface area contributed by atoms with Gasteiger partial charge < -0.3 is 20.7 Å². The average molecular weight is 328 g/mol. The lowest BCUT2D eigenvalue weighted by molar-refractivity contribution is 0.193. The molecule has 1 atom stereocenters. The van der Waals surface area contributed by atoms with E-state index in [4.69, 9.17) is 4.74 Å². The van der Waals surface area contributed by atoms with E-state index in [1.165, 1.54) is 0 Å². The molecular formula is C17H24N6O. The van der Waals surface area contributed by atoms with E-state index in [2.05, 4.69) is 30.9 Å². The van der Waals surface area contributed by atoms with Gasteiger partial charge in [0.1, 0.15) is 11.6 Å². The van der Waals surface area contributed by atoms with Gasteiger partial charge in [-0.1, -0.05) is 6.07 Å². The Labute approximate surface area is 142 Å². The number of hydrogen-bond donors (Lipinski definition) is 3. The number of nitrogens with one attached hydrogen (secondary N) is 3. The molecule has 3 N–H and O–H groups in total. The predicted molar refractivity (Wildman–Crippen MR) is 95.7 cm³/mol. The van der Waals surface area contributed by atoms with Crippen LogP contribution in [0.1, 0.15) is 23.6 Å². The van der Waals surface area contributed by atoms with Crippen LogP contribution in [0.15, 0.2) is 24.4 Å². The van der Waals surface area contributed by atoms with Crippen LogP contribution in [0.2, 0.25) is 0 Å². The van der Waals surface area contributed by atoms with Gasteiger partial charge in [-0.2, -0.15) is 4.98 Å². The summed E-state index contributed by atoms with van der Waals surface area (Å²) in [4.78, 5) is 13.3. The average Bonchev–Trinajstić information content (AvgIpc) is 3.14. The highest BCUT2D eigenvalue weighted by atomic mass is 16.5. The molecule has 2 aromatic heterocycles. The van der Waals surface area contributed by atoms with Gasteiger partial charge in [-0.15, -0.1) is 0 Å². The molecule has 3 heterocycles. The summed E-state index contributed by atoms with van der Waals surface area (Å²) in [6.07, 6.45) is 2.81. The summed E-state index contributed by atoms with van der Waals surface area (Å²) < 4.78 is 5.47. The molecule has 0 spiro atoms. The molecule has 0 amide bonds. The zero-order chi connectivity index (χ0) is 16.8. The number of pyridine rings is 1. The van der Waals surface area contributed by atoms with Crippen LogP contribution < -0.4 is 16.0 Å². The van der Waals surface area contributed by atoms with Crippen molar-refractivity contribution in [3.05, 3.63) is 35.7 Å². The SMILES string of the molecule is CNc1nc(NCCNc2ncccc2C)cc([C@H]2CCOC2)n1. The Bertz CT molecular complexity index is 672. The third kappa shape index (κ3) is 4.11. The summed E-state index contributed by atoms with van der Waals surface area (Å²) in [5.74, 6) is 2.74. The normalized spacial score (nSPS) is 16.8. The van der Waals surface area contributed by atoms with Crippen molar-refractivity contribution < 1.29 is 4.74 Å². The maximum atomic E-state index is 5.47. The molecule has 1 aliphatic heterocycles. The second-order valence-corrected chi connectivity index (χ2v) is 5.83. The molecule has 0 bridgehead atoms. The van der Waals surface area contributed by atoms with E-state index < -0.39 is 0 Å². The molecule has 1 aliphatic rings. The van der Waals surface area contributed by atoms with Gasteiger partial charge in [0.25, 0.3) is 0 Å². The Hall–Kier alpha value is -2.41. The number of aryl methyl sites for hydroxylation is 1. The molecule has 0 saturated carbocycles. The second-order valence-electron chi connectivity index (χ2n) is 5.83. The minimum atomic E-state index is 0.356. The van der Waals surface area contributed by atoms with Crippen LogP contribution in [0.5, 0.6) is 0 Å². The molecule has 1 fully saturated rings. The lowest BCUT2D eigenvalue weighted by atomic mass is 10.0. The lowest BCUT2D eigenvalue weighted by Crippen LogP contribution is -2.16. The number of ether oxygens (including phenoxy) is 1. The fraction of sp³-hybridized carbons (Fsp3) is 0.471. The van der Waals surface area contributed by atoms with Crippen LogP contribution in [-0.2, 0) is 4.74 Å². The first-order valence-electron chi connectivity index (χ1n) is 8.30. The largest absolute Gasteiger partial charge is 0.381 e. The molecule has 24 heavy (non-hydrogen) atoms. The van der Waals surface area contributed by atoms with Crippen LogP contribution in [0.3, 0.4) is 0 Å². The third-order valence-electron chi connectivity index (χ3n) is 4.05. The van der Waals surface area contributed by atoms with Gasteiger partial charge in [0.05, 0.1) is 12.3 Å². The van der Waals surface area contributed by atoms with E-state index in [9.17, 15) is 0 Å². The highest BCUT2D eigenvalue weighted by Crippen LogP contribution is 2.25. The van der Waals surface area contributed by atoms with Crippen molar-refractivity contribution >= 4 is 17.6 Å². The number of nitrogens with zero attached hydrogens (tertiary/aromatic N) is 3. The first-order chi connectivity index (χ1) is 11.8. The molecular weight excluding hydrogens is 304 g/mol. The van der Waals surface area contributed by atoms with E-state index in [1.807, 2.05) is 32.2 Å². The van der Waals surface area contributed by atoms with Gasteiger partial charge in [-0.3, -0.25) is 0 Å². The fourth-order valence-electron chi connectivity index (χ4n) is 2.69. The molecule has 0 radical (unpaired) electrons. The molecule has 2 aromatic rings. The zero-order valence-electron chi connectivity index (χ0n) is 14.2. The van der Waals surface area contributed by atoms with Crippen LogP contribution >= 0.6 is 0 Å². The molecule has 3 rings (SSSR count). The van der Waals surface area contributed by atoms with Crippen LogP contribution in [0.25, 0.3) is 0 Å². The topological polar surface area (TPSA) is 84.0 Å². The molecule has 7 heteroatoms. The maximum absolute atomic E-state index is 5.47. The van der Waals surface area contributed by atoms with Gasteiger partial charge in [0, 0.05) is 44.9 Å². The molecule has 128 valence electrons. The van der Waals surface area contributed by atoms with Gasteiger partial charge in [-0.05, 0) is 25.0 Å². The smallest absolute Gasteiger partial charge is 0.224 e. The monoisotopic (exact) mass is 328 g/mol. The standard InChI is InChI=1S/C17H24N6O/c1-12-4-3-6-20-16(12)21-8-7-19-15-10-14(13-5-9-24-11-13)22-17(18-2)23-15/h3-4,6,10,13H,5,7-9,11H2,1-2H3,(H,20,21)(H2,18,19,22,23)/t13-/m0/s1. The molecule has 0 aliphatic carbocycles. The zero-order valence-corrected chi connectivity index (χ0v) is 14.2. The summed E-state index contributed by atoms with van der Waals surface area (Å²) in [5.41, 5.74) is 2.17. The minimum absolute atomic E-state index is 0.356. The molecule has 7 nitrogen and oxygen atoms in total. The first kappa shape index (κ1) is 16.4. The third-order valence-corrected chi connectivity index (χ3v) is 4.05. The number of hydrogen-bond acceptors (Lipinski definition) is 7. The Morgan fingerprint density at radius 3 is 2.88 bits per heavy atom. The summed E-state index contributed by atoms with van der Waals surface area (Å²) in [5, 5.41) is 9.71.